The van der Waals surface area contributed by atoms with Crippen molar-refractivity contribution in [3.05, 3.63) is 57.2 Å². The molecule has 0 bridgehead atoms. The van der Waals surface area contributed by atoms with Crippen molar-refractivity contribution in [1.82, 2.24) is 21.1 Å². The predicted octanol–water partition coefficient (Wildman–Crippen LogP) is 3.16. The van der Waals surface area contributed by atoms with Crippen LogP contribution in [0.25, 0.3) is 0 Å². The van der Waals surface area contributed by atoms with Crippen molar-refractivity contribution in [2.45, 2.75) is 37.5 Å². The fourth-order valence-electron chi connectivity index (χ4n) is 3.72. The fraction of sp³-hybridized carbons (Fsp3) is 0.421. The molecule has 1 aromatic heterocycles. The molecule has 2 atom stereocenters. The number of halogens is 1. The summed E-state index contributed by atoms with van der Waals surface area (Å²) >= 11 is 7.91. The highest BCUT2D eigenvalue weighted by Crippen LogP contribution is 2.28. The van der Waals surface area contributed by atoms with Crippen LogP contribution in [-0.2, 0) is 0 Å². The molecule has 7 heteroatoms. The third-order valence-corrected chi connectivity index (χ3v) is 6.51. The number of thiophene rings is 1. The topological polar surface area (TPSA) is 56.4 Å². The molecular weight excluding hydrogens is 368 g/mol. The Kier molecular flexibility index (Phi) is 5.57. The fourth-order valence-corrected chi connectivity index (χ4v) is 4.73. The maximum absolute atomic E-state index is 12.4. The lowest BCUT2D eigenvalue weighted by Gasteiger charge is -2.35. The minimum Gasteiger partial charge on any atom is -0.349 e. The molecule has 1 amide bonds. The van der Waals surface area contributed by atoms with Gasteiger partial charge in [-0.05, 0) is 42.8 Å². The lowest BCUT2D eigenvalue weighted by atomic mass is 10.0. The van der Waals surface area contributed by atoms with Crippen molar-refractivity contribution in [3.8, 4) is 0 Å². The number of hydrogen-bond donors (Lipinski definition) is 3. The van der Waals surface area contributed by atoms with Crippen molar-refractivity contribution in [3.63, 3.8) is 0 Å². The number of nitrogens with one attached hydrogen (secondary N) is 3. The van der Waals surface area contributed by atoms with Crippen molar-refractivity contribution in [2.24, 2.45) is 0 Å². The molecule has 3 heterocycles. The lowest BCUT2D eigenvalue weighted by Crippen LogP contribution is -2.51. The van der Waals surface area contributed by atoms with Gasteiger partial charge in [-0.3, -0.25) is 9.69 Å². The Morgan fingerprint density at radius 3 is 2.69 bits per heavy atom. The van der Waals surface area contributed by atoms with Gasteiger partial charge in [0, 0.05) is 24.0 Å². The number of nitrogens with zero attached hydrogens (tertiary/aromatic N) is 1. The molecule has 138 valence electrons. The summed E-state index contributed by atoms with van der Waals surface area (Å²) in [4.78, 5) is 16.3. The summed E-state index contributed by atoms with van der Waals surface area (Å²) in [7, 11) is 0. The zero-order chi connectivity index (χ0) is 17.9. The third kappa shape index (κ3) is 3.94. The van der Waals surface area contributed by atoms with Gasteiger partial charge in [0.2, 0.25) is 0 Å². The average Bonchev–Trinajstić information content (AvgIpc) is 3.34. The number of carbonyl (C=O) groups is 1. The molecular formula is C19H23ClN4OS. The Morgan fingerprint density at radius 1 is 1.15 bits per heavy atom. The van der Waals surface area contributed by atoms with Gasteiger partial charge in [0.1, 0.15) is 0 Å². The van der Waals surface area contributed by atoms with Crippen LogP contribution in [0.5, 0.6) is 0 Å². The summed E-state index contributed by atoms with van der Waals surface area (Å²) in [5.74, 6) is -0.0764. The SMILES string of the molecule is O=C(NC1CCN(C2CC(c3cccs3)NN2)CC1)c1ccccc1Cl. The van der Waals surface area contributed by atoms with Gasteiger partial charge in [-0.25, -0.2) is 10.9 Å². The van der Waals surface area contributed by atoms with Gasteiger partial charge in [0.05, 0.1) is 22.8 Å². The minimum absolute atomic E-state index is 0.0764. The van der Waals surface area contributed by atoms with Crippen LogP contribution in [0.15, 0.2) is 41.8 Å². The second-order valence-corrected chi connectivity index (χ2v) is 8.26. The molecule has 5 nitrogen and oxygen atoms in total. The van der Waals surface area contributed by atoms with Crippen LogP contribution in [0.3, 0.4) is 0 Å². The molecule has 0 saturated carbocycles. The van der Waals surface area contributed by atoms with E-state index in [1.54, 1.807) is 23.5 Å². The first-order valence-corrected chi connectivity index (χ1v) is 10.3. The van der Waals surface area contributed by atoms with Gasteiger partial charge >= 0.3 is 0 Å². The molecule has 2 aromatic rings. The normalized spacial score (nSPS) is 24.7. The highest BCUT2D eigenvalue weighted by molar-refractivity contribution is 7.10. The largest absolute Gasteiger partial charge is 0.349 e. The quantitative estimate of drug-likeness (QED) is 0.750. The molecule has 3 N–H and O–H groups in total. The molecule has 2 fully saturated rings. The minimum atomic E-state index is -0.0764. The van der Waals surface area contributed by atoms with Gasteiger partial charge in [0.15, 0.2) is 0 Å². The van der Waals surface area contributed by atoms with E-state index in [1.165, 1.54) is 4.88 Å². The third-order valence-electron chi connectivity index (χ3n) is 5.19. The van der Waals surface area contributed by atoms with Gasteiger partial charge in [-0.15, -0.1) is 11.3 Å². The Labute approximate surface area is 162 Å². The molecule has 0 aliphatic carbocycles. The van der Waals surface area contributed by atoms with Gasteiger partial charge < -0.3 is 5.32 Å². The second-order valence-electron chi connectivity index (χ2n) is 6.87. The number of rotatable bonds is 4. The van der Waals surface area contributed by atoms with Crippen molar-refractivity contribution in [2.75, 3.05) is 13.1 Å². The Hall–Kier alpha value is -1.44. The first-order valence-electron chi connectivity index (χ1n) is 9.04. The van der Waals surface area contributed by atoms with E-state index in [-0.39, 0.29) is 11.9 Å². The summed E-state index contributed by atoms with van der Waals surface area (Å²) in [6, 6.07) is 12.1. The van der Waals surface area contributed by atoms with E-state index in [2.05, 4.69) is 38.6 Å². The smallest absolute Gasteiger partial charge is 0.253 e. The van der Waals surface area contributed by atoms with E-state index in [0.29, 0.717) is 22.8 Å². The van der Waals surface area contributed by atoms with Gasteiger partial charge in [-0.2, -0.15) is 0 Å². The number of benzene rings is 1. The lowest BCUT2D eigenvalue weighted by molar-refractivity contribution is 0.0880. The highest BCUT2D eigenvalue weighted by Gasteiger charge is 2.32. The van der Waals surface area contributed by atoms with Crippen LogP contribution < -0.4 is 16.2 Å². The zero-order valence-electron chi connectivity index (χ0n) is 14.5. The van der Waals surface area contributed by atoms with E-state index < -0.39 is 0 Å². The number of hydrogen-bond acceptors (Lipinski definition) is 5. The molecule has 4 rings (SSSR count). The molecule has 2 unspecified atom stereocenters. The number of amides is 1. The summed E-state index contributed by atoms with van der Waals surface area (Å²) in [6.07, 6.45) is 3.33. The zero-order valence-corrected chi connectivity index (χ0v) is 16.0. The Balaban J connectivity index is 1.27. The van der Waals surface area contributed by atoms with Crippen LogP contribution in [0.1, 0.15) is 40.5 Å². The Morgan fingerprint density at radius 2 is 1.96 bits per heavy atom. The van der Waals surface area contributed by atoms with Crippen LogP contribution in [0.2, 0.25) is 5.02 Å². The van der Waals surface area contributed by atoms with E-state index in [0.717, 1.165) is 32.4 Å². The maximum Gasteiger partial charge on any atom is 0.253 e. The van der Waals surface area contributed by atoms with Crippen molar-refractivity contribution >= 4 is 28.8 Å². The van der Waals surface area contributed by atoms with Crippen molar-refractivity contribution < 1.29 is 4.79 Å². The molecule has 26 heavy (non-hydrogen) atoms. The summed E-state index contributed by atoms with van der Waals surface area (Å²) in [5, 5.41) is 5.76. The molecule has 1 aromatic carbocycles. The van der Waals surface area contributed by atoms with E-state index in [9.17, 15) is 4.79 Å². The number of carbonyl (C=O) groups excluding carboxylic acids is 1. The van der Waals surface area contributed by atoms with E-state index >= 15 is 0 Å². The van der Waals surface area contributed by atoms with Gasteiger partial charge in [-0.1, -0.05) is 29.8 Å². The first-order chi connectivity index (χ1) is 12.7. The van der Waals surface area contributed by atoms with Crippen LogP contribution in [0.4, 0.5) is 0 Å². The predicted molar refractivity (Wildman–Crippen MR) is 105 cm³/mol. The van der Waals surface area contributed by atoms with E-state index in [4.69, 9.17) is 11.6 Å². The standard InChI is InChI=1S/C19H23ClN4OS/c20-15-5-2-1-4-14(15)19(25)21-13-7-9-24(10-8-13)18-12-16(22-23-18)17-6-3-11-26-17/h1-6,11,13,16,18,22-23H,7-10,12H2,(H,21,25). The summed E-state index contributed by atoms with van der Waals surface area (Å²) in [6.45, 7) is 1.95. The second kappa shape index (κ2) is 8.06. The molecule has 0 spiro atoms. The molecule has 2 aliphatic rings. The monoisotopic (exact) mass is 390 g/mol. The highest BCUT2D eigenvalue weighted by atomic mass is 35.5. The summed E-state index contributed by atoms with van der Waals surface area (Å²) < 4.78 is 0. The molecule has 2 aliphatic heterocycles. The first kappa shape index (κ1) is 17.9. The van der Waals surface area contributed by atoms with Crippen LogP contribution >= 0.6 is 22.9 Å². The molecule has 0 radical (unpaired) electrons. The van der Waals surface area contributed by atoms with E-state index in [1.807, 2.05) is 12.1 Å². The van der Waals surface area contributed by atoms with Crippen LogP contribution in [0, 0.1) is 0 Å². The van der Waals surface area contributed by atoms with Crippen LogP contribution in [-0.4, -0.2) is 36.1 Å². The maximum atomic E-state index is 12.4. The average molecular weight is 391 g/mol. The summed E-state index contributed by atoms with van der Waals surface area (Å²) in [5.41, 5.74) is 7.40. The van der Waals surface area contributed by atoms with Gasteiger partial charge in [0.25, 0.3) is 5.91 Å². The number of piperidine rings is 1. The molecule has 2 saturated heterocycles. The Bertz CT molecular complexity index is 746. The van der Waals surface area contributed by atoms with Crippen molar-refractivity contribution in [1.29, 1.82) is 0 Å². The number of hydrazine groups is 1. The number of likely N-dealkylation sites (tertiary alicyclic amines) is 1.